The molecular formula is C12H16N2O. The molecule has 1 aromatic rings. The van der Waals surface area contributed by atoms with Gasteiger partial charge in [-0.25, -0.2) is 0 Å². The molecule has 1 heterocycles. The van der Waals surface area contributed by atoms with Crippen molar-refractivity contribution < 1.29 is 0 Å². The topological polar surface area (TPSA) is 45.8 Å². The molecule has 0 unspecified atom stereocenters. The summed E-state index contributed by atoms with van der Waals surface area (Å²) in [4.78, 5) is 11.6. The molecule has 0 atom stereocenters. The lowest BCUT2D eigenvalue weighted by Gasteiger charge is -2.02. The van der Waals surface area contributed by atoms with Crippen LogP contribution in [0.25, 0.3) is 0 Å². The first-order valence-corrected chi connectivity index (χ1v) is 5.27. The second kappa shape index (κ2) is 6.02. The predicted molar refractivity (Wildman–Crippen MR) is 59.5 cm³/mol. The van der Waals surface area contributed by atoms with E-state index in [0.29, 0.717) is 6.42 Å². The lowest BCUT2D eigenvalue weighted by molar-refractivity contribution is 0.681. The SMILES string of the molecule is Cn1cccc(CCCCCC#N)c1=O. The van der Waals surface area contributed by atoms with Gasteiger partial charge >= 0.3 is 0 Å². The monoisotopic (exact) mass is 204 g/mol. The molecule has 0 saturated heterocycles. The van der Waals surface area contributed by atoms with Gasteiger partial charge in [-0.15, -0.1) is 0 Å². The van der Waals surface area contributed by atoms with Crippen molar-refractivity contribution in [3.05, 3.63) is 34.2 Å². The van der Waals surface area contributed by atoms with Crippen molar-refractivity contribution in [1.82, 2.24) is 4.57 Å². The Morgan fingerprint density at radius 2 is 2.20 bits per heavy atom. The fraction of sp³-hybridized carbons (Fsp3) is 0.500. The maximum atomic E-state index is 11.6. The highest BCUT2D eigenvalue weighted by molar-refractivity contribution is 5.10. The Kier molecular flexibility index (Phi) is 4.62. The zero-order valence-corrected chi connectivity index (χ0v) is 9.07. The van der Waals surface area contributed by atoms with E-state index in [9.17, 15) is 4.79 Å². The van der Waals surface area contributed by atoms with E-state index in [1.54, 1.807) is 17.8 Å². The summed E-state index contributed by atoms with van der Waals surface area (Å²) in [7, 11) is 1.77. The van der Waals surface area contributed by atoms with Crippen LogP contribution in [0.15, 0.2) is 23.1 Å². The van der Waals surface area contributed by atoms with Gasteiger partial charge in [0.15, 0.2) is 0 Å². The standard InChI is InChI=1S/C12H16N2O/c1-14-10-6-8-11(12(14)15)7-4-2-3-5-9-13/h6,8,10H,2-5,7H2,1H3. The van der Waals surface area contributed by atoms with Gasteiger partial charge in [0.05, 0.1) is 6.07 Å². The van der Waals surface area contributed by atoms with Crippen LogP contribution < -0.4 is 5.56 Å². The van der Waals surface area contributed by atoms with E-state index in [4.69, 9.17) is 5.26 Å². The van der Waals surface area contributed by atoms with E-state index in [0.717, 1.165) is 31.2 Å². The number of rotatable bonds is 5. The molecule has 3 nitrogen and oxygen atoms in total. The van der Waals surface area contributed by atoms with Crippen LogP contribution >= 0.6 is 0 Å². The van der Waals surface area contributed by atoms with E-state index in [1.807, 2.05) is 12.1 Å². The van der Waals surface area contributed by atoms with Crippen LogP contribution in [0.5, 0.6) is 0 Å². The Hall–Kier alpha value is -1.56. The Bertz CT molecular complexity index is 401. The minimum atomic E-state index is 0.0952. The maximum Gasteiger partial charge on any atom is 0.253 e. The lowest BCUT2D eigenvalue weighted by Crippen LogP contribution is -2.19. The average molecular weight is 204 g/mol. The van der Waals surface area contributed by atoms with Crippen LogP contribution in [-0.4, -0.2) is 4.57 Å². The van der Waals surface area contributed by atoms with Gasteiger partial charge < -0.3 is 4.57 Å². The highest BCUT2D eigenvalue weighted by Crippen LogP contribution is 2.04. The van der Waals surface area contributed by atoms with Crippen LogP contribution in [0.1, 0.15) is 31.2 Å². The Morgan fingerprint density at radius 3 is 2.93 bits per heavy atom. The van der Waals surface area contributed by atoms with Gasteiger partial charge in [0.2, 0.25) is 0 Å². The Balaban J connectivity index is 2.42. The number of unbranched alkanes of at least 4 members (excludes halogenated alkanes) is 3. The van der Waals surface area contributed by atoms with Crippen molar-refractivity contribution in [3.63, 3.8) is 0 Å². The summed E-state index contributed by atoms with van der Waals surface area (Å²) >= 11 is 0. The number of aromatic nitrogens is 1. The van der Waals surface area contributed by atoms with Crippen LogP contribution in [0, 0.1) is 11.3 Å². The molecule has 0 radical (unpaired) electrons. The van der Waals surface area contributed by atoms with Crippen LogP contribution in [0.4, 0.5) is 0 Å². The molecule has 0 N–H and O–H groups in total. The van der Waals surface area contributed by atoms with E-state index in [-0.39, 0.29) is 5.56 Å². The van der Waals surface area contributed by atoms with Crippen molar-refractivity contribution in [1.29, 1.82) is 5.26 Å². The van der Waals surface area contributed by atoms with Gasteiger partial charge in [-0.2, -0.15) is 5.26 Å². The van der Waals surface area contributed by atoms with E-state index in [2.05, 4.69) is 6.07 Å². The number of nitrogens with zero attached hydrogens (tertiary/aromatic N) is 2. The highest BCUT2D eigenvalue weighted by Gasteiger charge is 1.99. The van der Waals surface area contributed by atoms with Gasteiger partial charge in [-0.3, -0.25) is 4.79 Å². The average Bonchev–Trinajstić information content (AvgIpc) is 2.24. The zero-order chi connectivity index (χ0) is 11.1. The Labute approximate surface area is 90.0 Å². The molecule has 1 rings (SSSR count). The van der Waals surface area contributed by atoms with Crippen molar-refractivity contribution >= 4 is 0 Å². The second-order valence-corrected chi connectivity index (χ2v) is 3.67. The van der Waals surface area contributed by atoms with Crippen molar-refractivity contribution in [2.45, 2.75) is 32.1 Å². The van der Waals surface area contributed by atoms with Gasteiger partial charge in [0.25, 0.3) is 5.56 Å². The Morgan fingerprint density at radius 1 is 1.40 bits per heavy atom. The first kappa shape index (κ1) is 11.5. The second-order valence-electron chi connectivity index (χ2n) is 3.67. The van der Waals surface area contributed by atoms with Crippen LogP contribution in [0.3, 0.4) is 0 Å². The van der Waals surface area contributed by atoms with Crippen molar-refractivity contribution in [3.8, 4) is 6.07 Å². The normalized spacial score (nSPS) is 9.87. The zero-order valence-electron chi connectivity index (χ0n) is 9.07. The molecule has 0 fully saturated rings. The third kappa shape index (κ3) is 3.59. The minimum absolute atomic E-state index is 0.0952. The van der Waals surface area contributed by atoms with E-state index in [1.165, 1.54) is 0 Å². The molecule has 80 valence electrons. The third-order valence-electron chi connectivity index (χ3n) is 2.44. The minimum Gasteiger partial charge on any atom is -0.318 e. The smallest absolute Gasteiger partial charge is 0.253 e. The molecule has 0 aliphatic heterocycles. The van der Waals surface area contributed by atoms with Gasteiger partial charge in [-0.1, -0.05) is 12.5 Å². The number of nitriles is 1. The largest absolute Gasteiger partial charge is 0.318 e. The first-order chi connectivity index (χ1) is 7.25. The molecule has 0 amide bonds. The van der Waals surface area contributed by atoms with Crippen molar-refractivity contribution in [2.75, 3.05) is 0 Å². The van der Waals surface area contributed by atoms with Crippen LogP contribution in [-0.2, 0) is 13.5 Å². The summed E-state index contributed by atoms with van der Waals surface area (Å²) in [6.07, 6.45) is 6.14. The van der Waals surface area contributed by atoms with E-state index < -0.39 is 0 Å². The number of pyridine rings is 1. The predicted octanol–water partition coefficient (Wildman–Crippen LogP) is 2.01. The summed E-state index contributed by atoms with van der Waals surface area (Å²) in [5.41, 5.74) is 0.967. The molecule has 0 aromatic carbocycles. The molecule has 0 spiro atoms. The number of hydrogen-bond acceptors (Lipinski definition) is 2. The quantitative estimate of drug-likeness (QED) is 0.689. The molecular weight excluding hydrogens is 188 g/mol. The van der Waals surface area contributed by atoms with Crippen molar-refractivity contribution in [2.24, 2.45) is 7.05 Å². The highest BCUT2D eigenvalue weighted by atomic mass is 16.1. The molecule has 15 heavy (non-hydrogen) atoms. The maximum absolute atomic E-state index is 11.6. The summed E-state index contributed by atoms with van der Waals surface area (Å²) in [6, 6.07) is 5.90. The molecule has 3 heteroatoms. The van der Waals surface area contributed by atoms with Crippen LogP contribution in [0.2, 0.25) is 0 Å². The van der Waals surface area contributed by atoms with Gasteiger partial charge in [0.1, 0.15) is 0 Å². The van der Waals surface area contributed by atoms with E-state index >= 15 is 0 Å². The third-order valence-corrected chi connectivity index (χ3v) is 2.44. The summed E-state index contributed by atoms with van der Waals surface area (Å²) in [5.74, 6) is 0. The number of hydrogen-bond donors (Lipinski definition) is 0. The van der Waals surface area contributed by atoms with Gasteiger partial charge in [0, 0.05) is 25.2 Å². The summed E-state index contributed by atoms with van der Waals surface area (Å²) < 4.78 is 1.60. The fourth-order valence-corrected chi connectivity index (χ4v) is 1.54. The molecule has 0 bridgehead atoms. The van der Waals surface area contributed by atoms with Gasteiger partial charge in [-0.05, 0) is 25.3 Å². The first-order valence-electron chi connectivity index (χ1n) is 5.27. The molecule has 0 aliphatic carbocycles. The summed E-state index contributed by atoms with van der Waals surface area (Å²) in [5, 5.41) is 8.36. The molecule has 0 saturated carbocycles. The molecule has 1 aromatic heterocycles. The number of aryl methyl sites for hydroxylation is 2. The fourth-order valence-electron chi connectivity index (χ4n) is 1.54. The summed E-state index contributed by atoms with van der Waals surface area (Å²) in [6.45, 7) is 0. The molecule has 0 aliphatic rings. The lowest BCUT2D eigenvalue weighted by atomic mass is 10.1.